The van der Waals surface area contributed by atoms with Crippen LogP contribution in [0.2, 0.25) is 0 Å². The number of nitrogens with zero attached hydrogens (tertiary/aromatic N) is 2. The molecule has 0 unspecified atom stereocenters. The molecule has 0 spiro atoms. The number of aromatic nitrogens is 2. The first-order valence-electron chi connectivity index (χ1n) is 8.32. The highest BCUT2D eigenvalue weighted by molar-refractivity contribution is 5.76. The Morgan fingerprint density at radius 3 is 2.56 bits per heavy atom. The number of carbonyl (C=O) groups excluding carboxylic acids is 1. The van der Waals surface area contributed by atoms with E-state index in [9.17, 15) is 4.79 Å². The van der Waals surface area contributed by atoms with E-state index in [0.29, 0.717) is 31.2 Å². The number of nitrogens with one attached hydrogen (secondary N) is 1. The van der Waals surface area contributed by atoms with Crippen LogP contribution in [-0.4, -0.2) is 16.1 Å². The van der Waals surface area contributed by atoms with Gasteiger partial charge in [-0.1, -0.05) is 48.0 Å². The molecule has 0 aliphatic heterocycles. The third kappa shape index (κ3) is 4.53. The molecule has 3 aromatic rings. The van der Waals surface area contributed by atoms with Crippen molar-refractivity contribution in [3.63, 3.8) is 0 Å². The van der Waals surface area contributed by atoms with Gasteiger partial charge in [0.25, 0.3) is 0 Å². The van der Waals surface area contributed by atoms with Gasteiger partial charge >= 0.3 is 0 Å². The fourth-order valence-electron chi connectivity index (χ4n) is 2.49. The van der Waals surface area contributed by atoms with Crippen LogP contribution in [0.4, 0.5) is 0 Å². The normalized spacial score (nSPS) is 10.6. The molecular formula is C20H21N3O2. The van der Waals surface area contributed by atoms with E-state index in [1.807, 2.05) is 62.4 Å². The van der Waals surface area contributed by atoms with Gasteiger partial charge in [-0.2, -0.15) is 0 Å². The molecule has 3 rings (SSSR count). The second-order valence-corrected chi connectivity index (χ2v) is 6.08. The Bertz CT molecular complexity index is 853. The summed E-state index contributed by atoms with van der Waals surface area (Å²) in [5, 5.41) is 11.0. The van der Waals surface area contributed by atoms with Crippen molar-refractivity contribution in [2.75, 3.05) is 0 Å². The lowest BCUT2D eigenvalue weighted by Crippen LogP contribution is -2.23. The van der Waals surface area contributed by atoms with Crippen LogP contribution < -0.4 is 5.32 Å². The summed E-state index contributed by atoms with van der Waals surface area (Å²) in [6.07, 6.45) is 0.750. The third-order valence-corrected chi connectivity index (χ3v) is 4.02. The highest BCUT2D eigenvalue weighted by Crippen LogP contribution is 2.21. The van der Waals surface area contributed by atoms with Crippen LogP contribution in [0.3, 0.4) is 0 Å². The van der Waals surface area contributed by atoms with Crippen LogP contribution in [0.5, 0.6) is 0 Å². The summed E-state index contributed by atoms with van der Waals surface area (Å²) in [5.74, 6) is 0.938. The Balaban J connectivity index is 1.51. The second-order valence-electron chi connectivity index (χ2n) is 6.08. The first-order chi connectivity index (χ1) is 12.1. The first kappa shape index (κ1) is 16.9. The van der Waals surface area contributed by atoms with Crippen molar-refractivity contribution in [3.05, 3.63) is 71.1 Å². The van der Waals surface area contributed by atoms with E-state index in [4.69, 9.17) is 4.42 Å². The van der Waals surface area contributed by atoms with Crippen LogP contribution in [-0.2, 0) is 17.8 Å². The number of carbonyl (C=O) groups is 1. The lowest BCUT2D eigenvalue weighted by Gasteiger charge is -2.04. The molecule has 1 amide bonds. The zero-order chi connectivity index (χ0) is 17.6. The van der Waals surface area contributed by atoms with Crippen molar-refractivity contribution >= 4 is 5.91 Å². The Kier molecular flexibility index (Phi) is 5.23. The summed E-state index contributed by atoms with van der Waals surface area (Å²) in [7, 11) is 0. The molecule has 1 heterocycles. The van der Waals surface area contributed by atoms with Gasteiger partial charge in [0.1, 0.15) is 0 Å². The SMILES string of the molecule is Cc1ccc(CNC(=O)CCc2nnc(-c3ccccc3C)o2)cc1. The molecule has 1 N–H and O–H groups in total. The third-order valence-electron chi connectivity index (χ3n) is 4.02. The van der Waals surface area contributed by atoms with Crippen molar-refractivity contribution in [2.45, 2.75) is 33.2 Å². The van der Waals surface area contributed by atoms with E-state index in [-0.39, 0.29) is 5.91 Å². The molecular weight excluding hydrogens is 314 g/mol. The van der Waals surface area contributed by atoms with Gasteiger partial charge in [0, 0.05) is 24.9 Å². The lowest BCUT2D eigenvalue weighted by molar-refractivity contribution is -0.121. The largest absolute Gasteiger partial charge is 0.421 e. The second kappa shape index (κ2) is 7.75. The number of hydrogen-bond acceptors (Lipinski definition) is 4. The van der Waals surface area contributed by atoms with E-state index in [2.05, 4.69) is 15.5 Å². The van der Waals surface area contributed by atoms with Gasteiger partial charge in [-0.05, 0) is 31.0 Å². The minimum absolute atomic E-state index is 0.0313. The predicted octanol–water partition coefficient (Wildman–Crippen LogP) is 3.60. The van der Waals surface area contributed by atoms with E-state index < -0.39 is 0 Å². The molecule has 0 saturated carbocycles. The van der Waals surface area contributed by atoms with Gasteiger partial charge in [0.15, 0.2) is 0 Å². The van der Waals surface area contributed by atoms with E-state index in [1.54, 1.807) is 0 Å². The Morgan fingerprint density at radius 1 is 1.04 bits per heavy atom. The highest BCUT2D eigenvalue weighted by atomic mass is 16.4. The smallest absolute Gasteiger partial charge is 0.247 e. The summed E-state index contributed by atoms with van der Waals surface area (Å²) in [6, 6.07) is 15.9. The minimum Gasteiger partial charge on any atom is -0.421 e. The number of aryl methyl sites for hydroxylation is 3. The van der Waals surface area contributed by atoms with E-state index in [0.717, 1.165) is 16.7 Å². The number of rotatable bonds is 6. The molecule has 2 aromatic carbocycles. The molecule has 0 aliphatic rings. The number of amides is 1. The molecule has 1 aromatic heterocycles. The summed E-state index contributed by atoms with van der Waals surface area (Å²) in [4.78, 5) is 12.0. The summed E-state index contributed by atoms with van der Waals surface area (Å²) in [5.41, 5.74) is 4.29. The van der Waals surface area contributed by atoms with Crippen molar-refractivity contribution in [3.8, 4) is 11.5 Å². The summed E-state index contributed by atoms with van der Waals surface area (Å²) >= 11 is 0. The minimum atomic E-state index is -0.0313. The Hall–Kier alpha value is -2.95. The fourth-order valence-corrected chi connectivity index (χ4v) is 2.49. The van der Waals surface area contributed by atoms with Crippen LogP contribution in [0.25, 0.3) is 11.5 Å². The number of benzene rings is 2. The highest BCUT2D eigenvalue weighted by Gasteiger charge is 2.11. The molecule has 0 saturated heterocycles. The van der Waals surface area contributed by atoms with Crippen LogP contribution in [0, 0.1) is 13.8 Å². The van der Waals surface area contributed by atoms with Crippen molar-refractivity contribution in [2.24, 2.45) is 0 Å². The van der Waals surface area contributed by atoms with Gasteiger partial charge in [-0.15, -0.1) is 10.2 Å². The van der Waals surface area contributed by atoms with Gasteiger partial charge in [-0.25, -0.2) is 0 Å². The zero-order valence-electron chi connectivity index (χ0n) is 14.5. The zero-order valence-corrected chi connectivity index (χ0v) is 14.5. The molecule has 5 nitrogen and oxygen atoms in total. The predicted molar refractivity (Wildman–Crippen MR) is 95.8 cm³/mol. The van der Waals surface area contributed by atoms with Crippen molar-refractivity contribution in [1.29, 1.82) is 0 Å². The number of hydrogen-bond donors (Lipinski definition) is 1. The van der Waals surface area contributed by atoms with E-state index >= 15 is 0 Å². The van der Waals surface area contributed by atoms with Gasteiger partial charge in [0.05, 0.1) is 0 Å². The van der Waals surface area contributed by atoms with Crippen molar-refractivity contribution in [1.82, 2.24) is 15.5 Å². The molecule has 0 atom stereocenters. The van der Waals surface area contributed by atoms with Crippen LogP contribution in [0.1, 0.15) is 29.0 Å². The van der Waals surface area contributed by atoms with Crippen LogP contribution in [0.15, 0.2) is 52.9 Å². The fraction of sp³-hybridized carbons (Fsp3) is 0.250. The lowest BCUT2D eigenvalue weighted by atomic mass is 10.1. The van der Waals surface area contributed by atoms with Gasteiger partial charge < -0.3 is 9.73 Å². The molecule has 0 radical (unpaired) electrons. The quantitative estimate of drug-likeness (QED) is 0.747. The Morgan fingerprint density at radius 2 is 1.80 bits per heavy atom. The monoisotopic (exact) mass is 335 g/mol. The van der Waals surface area contributed by atoms with Crippen LogP contribution >= 0.6 is 0 Å². The Labute approximate surface area is 147 Å². The summed E-state index contributed by atoms with van der Waals surface area (Å²) < 4.78 is 5.67. The topological polar surface area (TPSA) is 68.0 Å². The molecule has 128 valence electrons. The average Bonchev–Trinajstić information content (AvgIpc) is 3.08. The maximum Gasteiger partial charge on any atom is 0.247 e. The molecule has 0 aliphatic carbocycles. The molecule has 25 heavy (non-hydrogen) atoms. The van der Waals surface area contributed by atoms with Crippen molar-refractivity contribution < 1.29 is 9.21 Å². The first-order valence-corrected chi connectivity index (χ1v) is 8.32. The maximum absolute atomic E-state index is 12.0. The standard InChI is InChI=1S/C20H21N3O2/c1-14-7-9-16(10-8-14)13-21-18(24)11-12-19-22-23-20(25-19)17-6-4-3-5-15(17)2/h3-10H,11-13H2,1-2H3,(H,21,24). The molecule has 0 fully saturated rings. The van der Waals surface area contributed by atoms with Gasteiger partial charge in [-0.3, -0.25) is 4.79 Å². The van der Waals surface area contributed by atoms with Gasteiger partial charge in [0.2, 0.25) is 17.7 Å². The van der Waals surface area contributed by atoms with E-state index in [1.165, 1.54) is 5.56 Å². The summed E-state index contributed by atoms with van der Waals surface area (Å²) in [6.45, 7) is 4.56. The molecule has 5 heteroatoms. The average molecular weight is 335 g/mol. The molecule has 0 bridgehead atoms. The maximum atomic E-state index is 12.0.